The second kappa shape index (κ2) is 41.5. The molecule has 338 valence electrons. The van der Waals surface area contributed by atoms with E-state index >= 15 is 0 Å². The Morgan fingerprint density at radius 3 is 1.37 bits per heavy atom. The van der Waals surface area contributed by atoms with Crippen LogP contribution in [0, 0.1) is 0 Å². The first kappa shape index (κ1) is 55.8. The van der Waals surface area contributed by atoms with Crippen molar-refractivity contribution in [1.82, 2.24) is 0 Å². The van der Waals surface area contributed by atoms with Crippen molar-refractivity contribution in [3.05, 3.63) is 24.5 Å². The molecule has 0 aromatic carbocycles. The summed E-state index contributed by atoms with van der Waals surface area (Å²) in [6.07, 6.45) is 48.8. The van der Waals surface area contributed by atoms with E-state index in [1.807, 2.05) is 27.2 Å². The number of phosphoric ester groups is 1. The molecule has 0 saturated carbocycles. The SMILES string of the molecule is CCCCCC/C=C\CCCCCCCC/C=C\OCC(COP(=O)(O)OCC[N+](C)(C)C)OC(=O)CCCCCCCCCCCCCCCCCCCCC. The standard InChI is InChI=1S/C48H94NO7P/c1-6-8-10-12-14-16-18-20-22-24-25-26-27-29-31-33-35-37-39-41-48(50)56-47(46-55-57(51,52)54-44-42-49(3,4)5)45-53-43-40-38-36-34-32-30-28-23-21-19-17-15-13-11-9-7-2/h17,19,40,43,47H,6-16,18,20-39,41-42,44-46H2,1-5H3/p+1/b19-17-,43-40-. The van der Waals surface area contributed by atoms with Gasteiger partial charge in [-0.1, -0.05) is 187 Å². The molecule has 0 aromatic rings. The van der Waals surface area contributed by atoms with Crippen molar-refractivity contribution >= 4 is 13.8 Å². The maximum Gasteiger partial charge on any atom is 0.472 e. The quantitative estimate of drug-likeness (QED) is 0.0163. The molecule has 0 heterocycles. The number of likely N-dealkylation sites (N-methyl/N-ethyl adjacent to an activating group) is 1. The number of unbranched alkanes of at least 4 members (excludes halogenated alkanes) is 29. The minimum Gasteiger partial charge on any atom is -0.498 e. The lowest BCUT2D eigenvalue weighted by molar-refractivity contribution is -0.870. The van der Waals surface area contributed by atoms with Crippen LogP contribution in [0.1, 0.15) is 226 Å². The number of carbonyl (C=O) groups excluding carboxylic acids is 1. The van der Waals surface area contributed by atoms with Crippen molar-refractivity contribution in [2.75, 3.05) is 47.5 Å². The van der Waals surface area contributed by atoms with Gasteiger partial charge in [0.2, 0.25) is 0 Å². The molecule has 0 amide bonds. The Bertz CT molecular complexity index is 967. The lowest BCUT2D eigenvalue weighted by Gasteiger charge is -2.24. The van der Waals surface area contributed by atoms with Crippen molar-refractivity contribution in [3.8, 4) is 0 Å². The molecular weight excluding hydrogens is 734 g/mol. The van der Waals surface area contributed by atoms with E-state index in [0.717, 1.165) is 32.1 Å². The Kier molecular flexibility index (Phi) is 40.7. The summed E-state index contributed by atoms with van der Waals surface area (Å²) < 4.78 is 34.8. The summed E-state index contributed by atoms with van der Waals surface area (Å²) >= 11 is 0. The third-order valence-corrected chi connectivity index (χ3v) is 11.6. The summed E-state index contributed by atoms with van der Waals surface area (Å²) in [4.78, 5) is 22.9. The van der Waals surface area contributed by atoms with Crippen LogP contribution in [0.25, 0.3) is 0 Å². The van der Waals surface area contributed by atoms with Crippen molar-refractivity contribution in [2.24, 2.45) is 0 Å². The fraction of sp³-hybridized carbons (Fsp3) is 0.896. The smallest absolute Gasteiger partial charge is 0.472 e. The van der Waals surface area contributed by atoms with E-state index in [4.69, 9.17) is 18.5 Å². The van der Waals surface area contributed by atoms with Crippen LogP contribution in [0.5, 0.6) is 0 Å². The zero-order valence-electron chi connectivity index (χ0n) is 38.3. The number of hydrogen-bond acceptors (Lipinski definition) is 6. The van der Waals surface area contributed by atoms with Crippen molar-refractivity contribution in [2.45, 2.75) is 232 Å². The van der Waals surface area contributed by atoms with Crippen LogP contribution in [-0.2, 0) is 27.9 Å². The van der Waals surface area contributed by atoms with E-state index in [2.05, 4.69) is 26.0 Å². The molecule has 0 aliphatic heterocycles. The van der Waals surface area contributed by atoms with E-state index in [-0.39, 0.29) is 25.8 Å². The highest BCUT2D eigenvalue weighted by atomic mass is 31.2. The molecule has 0 bridgehead atoms. The van der Waals surface area contributed by atoms with Crippen molar-refractivity contribution < 1.29 is 37.3 Å². The van der Waals surface area contributed by atoms with Crippen molar-refractivity contribution in [1.29, 1.82) is 0 Å². The molecule has 0 spiro atoms. The van der Waals surface area contributed by atoms with Crippen LogP contribution in [0.15, 0.2) is 24.5 Å². The number of phosphoric acid groups is 1. The molecule has 0 rings (SSSR count). The van der Waals surface area contributed by atoms with Crippen molar-refractivity contribution in [3.63, 3.8) is 0 Å². The lowest BCUT2D eigenvalue weighted by atomic mass is 10.0. The monoisotopic (exact) mass is 829 g/mol. The van der Waals surface area contributed by atoms with Gasteiger partial charge in [0, 0.05) is 6.42 Å². The molecule has 2 atom stereocenters. The van der Waals surface area contributed by atoms with Gasteiger partial charge in [0.15, 0.2) is 6.10 Å². The Hall–Kier alpha value is -1.18. The number of esters is 1. The van der Waals surface area contributed by atoms with E-state index in [1.165, 1.54) is 173 Å². The first-order valence-electron chi connectivity index (χ1n) is 24.1. The van der Waals surface area contributed by atoms with Crippen LogP contribution in [0.2, 0.25) is 0 Å². The lowest BCUT2D eigenvalue weighted by Crippen LogP contribution is -2.37. The second-order valence-electron chi connectivity index (χ2n) is 17.6. The number of rotatable bonds is 45. The molecule has 0 aliphatic carbocycles. The summed E-state index contributed by atoms with van der Waals surface area (Å²) in [5, 5.41) is 0. The molecule has 0 saturated heterocycles. The number of ether oxygens (including phenoxy) is 2. The third kappa shape index (κ3) is 45.7. The Morgan fingerprint density at radius 2 is 0.930 bits per heavy atom. The molecule has 0 aliphatic rings. The van der Waals surface area contributed by atoms with Gasteiger partial charge in [0.25, 0.3) is 0 Å². The molecule has 0 radical (unpaired) electrons. The van der Waals surface area contributed by atoms with Crippen LogP contribution >= 0.6 is 7.82 Å². The predicted octanol–water partition coefficient (Wildman–Crippen LogP) is 14.7. The minimum atomic E-state index is -4.29. The summed E-state index contributed by atoms with van der Waals surface area (Å²) in [7, 11) is 1.64. The Morgan fingerprint density at radius 1 is 0.544 bits per heavy atom. The molecule has 2 unspecified atom stereocenters. The van der Waals surface area contributed by atoms with Gasteiger partial charge in [-0.3, -0.25) is 13.8 Å². The maximum atomic E-state index is 12.7. The van der Waals surface area contributed by atoms with Gasteiger partial charge in [-0.2, -0.15) is 0 Å². The van der Waals surface area contributed by atoms with E-state index < -0.39 is 13.9 Å². The highest BCUT2D eigenvalue weighted by molar-refractivity contribution is 7.47. The predicted molar refractivity (Wildman–Crippen MR) is 242 cm³/mol. The van der Waals surface area contributed by atoms with E-state index in [0.29, 0.717) is 17.4 Å². The number of hydrogen-bond donors (Lipinski definition) is 1. The number of allylic oxidation sites excluding steroid dienone is 3. The summed E-state index contributed by atoms with van der Waals surface area (Å²) in [6.45, 7) is 4.95. The van der Waals surface area contributed by atoms with E-state index in [9.17, 15) is 14.3 Å². The zero-order valence-corrected chi connectivity index (χ0v) is 39.2. The zero-order chi connectivity index (χ0) is 42.0. The fourth-order valence-corrected chi connectivity index (χ4v) is 7.55. The van der Waals surface area contributed by atoms with Crippen LogP contribution in [0.4, 0.5) is 0 Å². The molecule has 8 nitrogen and oxygen atoms in total. The molecule has 0 aromatic heterocycles. The molecule has 1 N–H and O–H groups in total. The highest BCUT2D eigenvalue weighted by Crippen LogP contribution is 2.43. The summed E-state index contributed by atoms with van der Waals surface area (Å²) in [5.74, 6) is -0.333. The second-order valence-corrected chi connectivity index (χ2v) is 19.0. The van der Waals surface area contributed by atoms with Gasteiger partial charge in [0.05, 0.1) is 34.0 Å². The molecular formula is C48H95NO7P+. The van der Waals surface area contributed by atoms with Crippen LogP contribution in [-0.4, -0.2) is 69.0 Å². The van der Waals surface area contributed by atoms with Gasteiger partial charge < -0.3 is 18.9 Å². The normalized spacial score (nSPS) is 13.8. The molecule has 9 heteroatoms. The largest absolute Gasteiger partial charge is 0.498 e. The van der Waals surface area contributed by atoms with Gasteiger partial charge in [0.1, 0.15) is 19.8 Å². The fourth-order valence-electron chi connectivity index (χ4n) is 6.81. The van der Waals surface area contributed by atoms with Crippen LogP contribution < -0.4 is 0 Å². The van der Waals surface area contributed by atoms with Crippen LogP contribution in [0.3, 0.4) is 0 Å². The number of carbonyl (C=O) groups is 1. The molecule has 0 fully saturated rings. The Labute approximate surface area is 353 Å². The number of quaternary nitrogens is 1. The maximum absolute atomic E-state index is 12.7. The van der Waals surface area contributed by atoms with E-state index in [1.54, 1.807) is 6.26 Å². The first-order chi connectivity index (χ1) is 27.6. The van der Waals surface area contributed by atoms with Gasteiger partial charge in [-0.25, -0.2) is 4.57 Å². The average Bonchev–Trinajstić information content (AvgIpc) is 3.16. The Balaban J connectivity index is 4.20. The summed E-state index contributed by atoms with van der Waals surface area (Å²) in [5.41, 5.74) is 0. The minimum absolute atomic E-state index is 0.0491. The third-order valence-electron chi connectivity index (χ3n) is 10.6. The highest BCUT2D eigenvalue weighted by Gasteiger charge is 2.26. The van der Waals surface area contributed by atoms with Gasteiger partial charge >= 0.3 is 13.8 Å². The van der Waals surface area contributed by atoms with Gasteiger partial charge in [-0.15, -0.1) is 0 Å². The first-order valence-corrected chi connectivity index (χ1v) is 25.6. The summed E-state index contributed by atoms with van der Waals surface area (Å²) in [6, 6.07) is 0. The topological polar surface area (TPSA) is 91.3 Å². The average molecular weight is 829 g/mol. The number of nitrogens with zero attached hydrogens (tertiary/aromatic N) is 1. The molecule has 57 heavy (non-hydrogen) atoms. The van der Waals surface area contributed by atoms with Gasteiger partial charge in [-0.05, 0) is 51.0 Å².